The van der Waals surface area contributed by atoms with Crippen molar-refractivity contribution in [1.29, 1.82) is 0 Å². The Morgan fingerprint density at radius 2 is 2.50 bits per heavy atom. The molecule has 0 aliphatic heterocycles. The second kappa shape index (κ2) is 3.12. The van der Waals surface area contributed by atoms with E-state index in [1.807, 2.05) is 0 Å². The van der Waals surface area contributed by atoms with Gasteiger partial charge in [0.1, 0.15) is 12.4 Å². The lowest BCUT2D eigenvalue weighted by molar-refractivity contribution is 0.178. The molecule has 0 radical (unpaired) electrons. The van der Waals surface area contributed by atoms with Crippen LogP contribution < -0.4 is 5.73 Å². The van der Waals surface area contributed by atoms with Crippen molar-refractivity contribution >= 4 is 5.82 Å². The van der Waals surface area contributed by atoms with Crippen molar-refractivity contribution < 1.29 is 4.74 Å². The van der Waals surface area contributed by atoms with Gasteiger partial charge in [-0.05, 0) is 6.07 Å². The second-order valence-corrected chi connectivity index (χ2v) is 1.83. The van der Waals surface area contributed by atoms with Gasteiger partial charge in [0.25, 0.3) is 0 Å². The highest BCUT2D eigenvalue weighted by atomic mass is 16.5. The Balaban J connectivity index is 2.75. The highest BCUT2D eigenvalue weighted by Gasteiger charge is 1.93. The zero-order chi connectivity index (χ0) is 7.40. The molecule has 1 aromatic rings. The Morgan fingerprint density at radius 3 is 3.10 bits per heavy atom. The van der Waals surface area contributed by atoms with Crippen LogP contribution in [0.15, 0.2) is 12.3 Å². The molecule has 2 N–H and O–H groups in total. The van der Waals surface area contributed by atoms with Gasteiger partial charge in [-0.1, -0.05) is 0 Å². The number of nitrogens with two attached hydrogens (primary N) is 1. The minimum atomic E-state index is 0.408. The van der Waals surface area contributed by atoms with Crippen molar-refractivity contribution in [1.82, 2.24) is 9.97 Å². The fourth-order valence-corrected chi connectivity index (χ4v) is 0.613. The quantitative estimate of drug-likeness (QED) is 0.636. The summed E-state index contributed by atoms with van der Waals surface area (Å²) in [6.45, 7) is 0.408. The fraction of sp³-hybridized carbons (Fsp3) is 0.333. The molecule has 0 saturated carbocycles. The van der Waals surface area contributed by atoms with E-state index >= 15 is 0 Å². The van der Waals surface area contributed by atoms with Gasteiger partial charge < -0.3 is 10.5 Å². The molecule has 0 aliphatic carbocycles. The first-order valence-electron chi connectivity index (χ1n) is 2.89. The molecule has 0 fully saturated rings. The Morgan fingerprint density at radius 1 is 1.70 bits per heavy atom. The number of aromatic nitrogens is 2. The van der Waals surface area contributed by atoms with Crippen LogP contribution >= 0.6 is 0 Å². The number of ether oxygens (including phenoxy) is 1. The molecule has 0 spiro atoms. The molecule has 1 heterocycles. The maximum absolute atomic E-state index is 5.38. The van der Waals surface area contributed by atoms with Crippen LogP contribution in [0.25, 0.3) is 0 Å². The van der Waals surface area contributed by atoms with E-state index in [0.717, 1.165) is 0 Å². The van der Waals surface area contributed by atoms with Gasteiger partial charge in [0.05, 0.1) is 0 Å². The van der Waals surface area contributed by atoms with E-state index in [-0.39, 0.29) is 0 Å². The third-order valence-electron chi connectivity index (χ3n) is 1.00. The van der Waals surface area contributed by atoms with Gasteiger partial charge in [0, 0.05) is 13.3 Å². The average Bonchev–Trinajstić information content (AvgIpc) is 1.88. The third kappa shape index (κ3) is 1.66. The van der Waals surface area contributed by atoms with Crippen LogP contribution in [0.5, 0.6) is 0 Å². The van der Waals surface area contributed by atoms with Gasteiger partial charge in [-0.2, -0.15) is 0 Å². The van der Waals surface area contributed by atoms with Gasteiger partial charge in [-0.3, -0.25) is 0 Å². The Bertz CT molecular complexity index is 214. The van der Waals surface area contributed by atoms with Crippen LogP contribution in [-0.2, 0) is 11.3 Å². The summed E-state index contributed by atoms with van der Waals surface area (Å²) in [4.78, 5) is 7.82. The predicted molar refractivity (Wildman–Crippen MR) is 37.2 cm³/mol. The molecule has 0 aromatic carbocycles. The van der Waals surface area contributed by atoms with E-state index in [1.54, 1.807) is 19.4 Å². The summed E-state index contributed by atoms with van der Waals surface area (Å²) >= 11 is 0. The number of rotatable bonds is 2. The van der Waals surface area contributed by atoms with E-state index in [4.69, 9.17) is 10.5 Å². The Labute approximate surface area is 59.1 Å². The van der Waals surface area contributed by atoms with E-state index in [0.29, 0.717) is 18.2 Å². The van der Waals surface area contributed by atoms with Crippen molar-refractivity contribution in [2.75, 3.05) is 12.8 Å². The Hall–Kier alpha value is -1.16. The van der Waals surface area contributed by atoms with Crippen LogP contribution in [0.1, 0.15) is 5.82 Å². The molecule has 0 unspecified atom stereocenters. The highest BCUT2D eigenvalue weighted by Crippen LogP contribution is 1.96. The summed E-state index contributed by atoms with van der Waals surface area (Å²) < 4.78 is 4.80. The van der Waals surface area contributed by atoms with E-state index in [1.165, 1.54) is 0 Å². The molecular formula is C6H9N3O. The van der Waals surface area contributed by atoms with Gasteiger partial charge >= 0.3 is 0 Å². The van der Waals surface area contributed by atoms with Crippen molar-refractivity contribution in [3.05, 3.63) is 18.1 Å². The number of methoxy groups -OCH3 is 1. The van der Waals surface area contributed by atoms with Gasteiger partial charge in [-0.25, -0.2) is 9.97 Å². The molecule has 0 atom stereocenters. The molecule has 0 aliphatic rings. The molecule has 0 saturated heterocycles. The molecule has 4 nitrogen and oxygen atoms in total. The molecule has 1 rings (SSSR count). The molecule has 0 amide bonds. The minimum Gasteiger partial charge on any atom is -0.384 e. The second-order valence-electron chi connectivity index (χ2n) is 1.83. The lowest BCUT2D eigenvalue weighted by atomic mass is 10.5. The summed E-state index contributed by atoms with van der Waals surface area (Å²) in [5.74, 6) is 1.09. The molecule has 4 heteroatoms. The number of hydrogen-bond acceptors (Lipinski definition) is 4. The number of anilines is 1. The topological polar surface area (TPSA) is 61.0 Å². The molecular weight excluding hydrogens is 130 g/mol. The lowest BCUT2D eigenvalue weighted by Crippen LogP contribution is -1.99. The van der Waals surface area contributed by atoms with Crippen LogP contribution in [-0.4, -0.2) is 17.1 Å². The Kier molecular flexibility index (Phi) is 2.17. The number of hydrogen-bond donors (Lipinski definition) is 1. The maximum atomic E-state index is 5.38. The summed E-state index contributed by atoms with van der Waals surface area (Å²) in [5, 5.41) is 0. The van der Waals surface area contributed by atoms with Gasteiger partial charge in [0.15, 0.2) is 5.82 Å². The third-order valence-corrected chi connectivity index (χ3v) is 1.00. The van der Waals surface area contributed by atoms with Crippen LogP contribution in [0.3, 0.4) is 0 Å². The number of nitrogen functional groups attached to an aromatic ring is 1. The van der Waals surface area contributed by atoms with Crippen LogP contribution in [0, 0.1) is 0 Å². The average molecular weight is 139 g/mol. The van der Waals surface area contributed by atoms with Crippen molar-refractivity contribution in [2.24, 2.45) is 0 Å². The van der Waals surface area contributed by atoms with Crippen molar-refractivity contribution in [3.63, 3.8) is 0 Å². The summed E-state index contributed by atoms with van der Waals surface area (Å²) in [6, 6.07) is 1.64. The predicted octanol–water partition coefficient (Wildman–Crippen LogP) is 0.205. The van der Waals surface area contributed by atoms with Crippen LogP contribution in [0.2, 0.25) is 0 Å². The monoisotopic (exact) mass is 139 g/mol. The van der Waals surface area contributed by atoms with Crippen molar-refractivity contribution in [2.45, 2.75) is 6.61 Å². The molecule has 1 aromatic heterocycles. The highest BCUT2D eigenvalue weighted by molar-refractivity contribution is 5.24. The molecule has 54 valence electrons. The summed E-state index contributed by atoms with van der Waals surface area (Å²) in [5.41, 5.74) is 5.38. The summed E-state index contributed by atoms with van der Waals surface area (Å²) in [6.07, 6.45) is 1.61. The minimum absolute atomic E-state index is 0.408. The first-order valence-corrected chi connectivity index (χ1v) is 2.89. The zero-order valence-corrected chi connectivity index (χ0v) is 5.74. The molecule has 0 bridgehead atoms. The smallest absolute Gasteiger partial charge is 0.156 e. The molecule has 10 heavy (non-hydrogen) atoms. The standard InChI is InChI=1S/C6H9N3O/c1-10-4-6-8-3-2-5(7)9-6/h2-3H,4H2,1H3,(H2,7,8,9). The van der Waals surface area contributed by atoms with Gasteiger partial charge in [-0.15, -0.1) is 0 Å². The SMILES string of the molecule is COCc1nccc(N)n1. The van der Waals surface area contributed by atoms with E-state index in [9.17, 15) is 0 Å². The summed E-state index contributed by atoms with van der Waals surface area (Å²) in [7, 11) is 1.59. The van der Waals surface area contributed by atoms with Gasteiger partial charge in [0.2, 0.25) is 0 Å². The lowest BCUT2D eigenvalue weighted by Gasteiger charge is -1.96. The van der Waals surface area contributed by atoms with Crippen molar-refractivity contribution in [3.8, 4) is 0 Å². The number of nitrogens with zero attached hydrogens (tertiary/aromatic N) is 2. The maximum Gasteiger partial charge on any atom is 0.156 e. The first kappa shape index (κ1) is 6.95. The first-order chi connectivity index (χ1) is 4.83. The van der Waals surface area contributed by atoms with Crippen LogP contribution in [0.4, 0.5) is 5.82 Å². The normalized spacial score (nSPS) is 9.70. The van der Waals surface area contributed by atoms with E-state index < -0.39 is 0 Å². The zero-order valence-electron chi connectivity index (χ0n) is 5.74. The fourth-order valence-electron chi connectivity index (χ4n) is 0.613. The van der Waals surface area contributed by atoms with E-state index in [2.05, 4.69) is 9.97 Å². The largest absolute Gasteiger partial charge is 0.384 e.